The number of carboxylic acid groups (broad SMARTS) is 1. The largest absolute Gasteiger partial charge is 0.481 e. The number of rotatable bonds is 3. The van der Waals surface area contributed by atoms with E-state index in [1.54, 1.807) is 17.0 Å². The number of carbonyl (C=O) groups excluding carboxylic acids is 1. The molecule has 0 bridgehead atoms. The van der Waals surface area contributed by atoms with Crippen LogP contribution in [0.25, 0.3) is 11.3 Å². The number of amides is 1. The molecule has 2 unspecified atom stereocenters. The van der Waals surface area contributed by atoms with Gasteiger partial charge in [-0.1, -0.05) is 6.92 Å². The number of nitrogens with zero attached hydrogens (tertiary/aromatic N) is 2. The molecule has 24 heavy (non-hydrogen) atoms. The Hall–Kier alpha value is -2.70. The van der Waals surface area contributed by atoms with Gasteiger partial charge in [-0.25, -0.2) is 4.39 Å². The van der Waals surface area contributed by atoms with Gasteiger partial charge >= 0.3 is 5.97 Å². The fourth-order valence-electron chi connectivity index (χ4n) is 3.15. The highest BCUT2D eigenvalue weighted by molar-refractivity contribution is 6.00. The summed E-state index contributed by atoms with van der Waals surface area (Å²) in [7, 11) is 0. The fourth-order valence-corrected chi connectivity index (χ4v) is 3.15. The maximum absolute atomic E-state index is 13.1. The predicted molar refractivity (Wildman–Crippen MR) is 84.8 cm³/mol. The minimum absolute atomic E-state index is 0.116. The molecule has 7 heteroatoms. The smallest absolute Gasteiger partial charge is 0.308 e. The van der Waals surface area contributed by atoms with Gasteiger partial charge in [0.15, 0.2) is 0 Å². The zero-order chi connectivity index (χ0) is 17.3. The molecule has 0 radical (unpaired) electrons. The molecule has 1 amide bonds. The summed E-state index contributed by atoms with van der Waals surface area (Å²) in [5.41, 5.74) is 1.52. The Morgan fingerprint density at radius 2 is 2.00 bits per heavy atom. The summed E-state index contributed by atoms with van der Waals surface area (Å²) in [6.07, 6.45) is 1.99. The number of carboxylic acids is 1. The van der Waals surface area contributed by atoms with Crippen LogP contribution < -0.4 is 0 Å². The minimum Gasteiger partial charge on any atom is -0.481 e. The number of aromatic nitrogens is 2. The van der Waals surface area contributed by atoms with Crippen LogP contribution >= 0.6 is 0 Å². The van der Waals surface area contributed by atoms with Crippen molar-refractivity contribution in [2.24, 2.45) is 11.8 Å². The first-order valence-corrected chi connectivity index (χ1v) is 7.77. The molecule has 0 aliphatic carbocycles. The van der Waals surface area contributed by atoms with Crippen molar-refractivity contribution < 1.29 is 19.1 Å². The molecule has 0 spiro atoms. The van der Waals surface area contributed by atoms with Gasteiger partial charge in [-0.2, -0.15) is 5.10 Å². The van der Waals surface area contributed by atoms with Crippen molar-refractivity contribution in [2.45, 2.75) is 13.3 Å². The summed E-state index contributed by atoms with van der Waals surface area (Å²) in [4.78, 5) is 25.7. The molecule has 1 fully saturated rings. The van der Waals surface area contributed by atoms with Crippen LogP contribution in [0.4, 0.5) is 4.39 Å². The summed E-state index contributed by atoms with van der Waals surface area (Å²) in [6.45, 7) is 2.63. The first-order valence-electron chi connectivity index (χ1n) is 7.77. The average molecular weight is 331 g/mol. The van der Waals surface area contributed by atoms with Crippen molar-refractivity contribution in [3.63, 3.8) is 0 Å². The van der Waals surface area contributed by atoms with Crippen molar-refractivity contribution in [3.8, 4) is 11.3 Å². The topological polar surface area (TPSA) is 86.3 Å². The molecule has 2 aromatic rings. The SMILES string of the molecule is CC1CC(C(=O)O)CN(C(=O)c2cn[nH]c2-c2ccc(F)cc2)C1. The van der Waals surface area contributed by atoms with E-state index in [2.05, 4.69) is 10.2 Å². The molecule has 2 heterocycles. The van der Waals surface area contributed by atoms with Crippen LogP contribution in [0.5, 0.6) is 0 Å². The van der Waals surface area contributed by atoms with Crippen molar-refractivity contribution in [3.05, 3.63) is 41.8 Å². The average Bonchev–Trinajstić information content (AvgIpc) is 3.03. The number of aromatic amines is 1. The lowest BCUT2D eigenvalue weighted by Gasteiger charge is -2.34. The second-order valence-corrected chi connectivity index (χ2v) is 6.25. The van der Waals surface area contributed by atoms with Gasteiger partial charge < -0.3 is 10.0 Å². The van der Waals surface area contributed by atoms with Crippen molar-refractivity contribution >= 4 is 11.9 Å². The molecule has 126 valence electrons. The molecule has 2 N–H and O–H groups in total. The Morgan fingerprint density at radius 3 is 2.67 bits per heavy atom. The number of carbonyl (C=O) groups is 2. The van der Waals surface area contributed by atoms with E-state index in [0.29, 0.717) is 29.8 Å². The van der Waals surface area contributed by atoms with Crippen molar-refractivity contribution in [2.75, 3.05) is 13.1 Å². The van der Waals surface area contributed by atoms with Crippen LogP contribution in [-0.2, 0) is 4.79 Å². The van der Waals surface area contributed by atoms with Gasteiger partial charge in [-0.15, -0.1) is 0 Å². The van der Waals surface area contributed by atoms with Crippen LogP contribution in [0.15, 0.2) is 30.5 Å². The Bertz CT molecular complexity index is 757. The molecule has 1 aromatic heterocycles. The highest BCUT2D eigenvalue weighted by atomic mass is 19.1. The van der Waals surface area contributed by atoms with Crippen LogP contribution in [-0.4, -0.2) is 45.2 Å². The fraction of sp³-hybridized carbons (Fsp3) is 0.353. The quantitative estimate of drug-likeness (QED) is 0.904. The van der Waals surface area contributed by atoms with E-state index in [9.17, 15) is 19.1 Å². The van der Waals surface area contributed by atoms with E-state index in [4.69, 9.17) is 0 Å². The molecule has 1 aliphatic rings. The molecular weight excluding hydrogens is 313 g/mol. The maximum Gasteiger partial charge on any atom is 0.308 e. The highest BCUT2D eigenvalue weighted by Crippen LogP contribution is 2.27. The van der Waals surface area contributed by atoms with Gasteiger partial charge in [0.05, 0.1) is 23.4 Å². The number of hydrogen-bond acceptors (Lipinski definition) is 3. The standard InChI is InChI=1S/C17H18FN3O3/c1-10-6-12(17(23)24)9-21(8-10)16(22)14-7-19-20-15(14)11-2-4-13(18)5-3-11/h2-5,7,10,12H,6,8-9H2,1H3,(H,19,20)(H,23,24). The van der Waals surface area contributed by atoms with E-state index < -0.39 is 11.9 Å². The zero-order valence-electron chi connectivity index (χ0n) is 13.2. The van der Waals surface area contributed by atoms with Crippen LogP contribution in [0.3, 0.4) is 0 Å². The van der Waals surface area contributed by atoms with Crippen molar-refractivity contribution in [1.29, 1.82) is 0 Å². The van der Waals surface area contributed by atoms with E-state index >= 15 is 0 Å². The van der Waals surface area contributed by atoms with Gasteiger partial charge in [0.1, 0.15) is 5.82 Å². The number of likely N-dealkylation sites (tertiary alicyclic amines) is 1. The third kappa shape index (κ3) is 3.15. The number of halogens is 1. The number of nitrogens with one attached hydrogen (secondary N) is 1. The van der Waals surface area contributed by atoms with Gasteiger partial charge in [-0.05, 0) is 36.6 Å². The van der Waals surface area contributed by atoms with Gasteiger partial charge in [0, 0.05) is 18.7 Å². The summed E-state index contributed by atoms with van der Waals surface area (Å²) in [6, 6.07) is 5.76. The summed E-state index contributed by atoms with van der Waals surface area (Å²) < 4.78 is 13.1. The van der Waals surface area contributed by atoms with Crippen LogP contribution in [0, 0.1) is 17.7 Å². The monoisotopic (exact) mass is 331 g/mol. The minimum atomic E-state index is -0.884. The number of hydrogen-bond donors (Lipinski definition) is 2. The summed E-state index contributed by atoms with van der Waals surface area (Å²) in [5.74, 6) is -1.95. The second-order valence-electron chi connectivity index (χ2n) is 6.25. The first kappa shape index (κ1) is 16.2. The van der Waals surface area contributed by atoms with Crippen LogP contribution in [0.2, 0.25) is 0 Å². The molecule has 3 rings (SSSR count). The molecule has 0 saturated carbocycles. The van der Waals surface area contributed by atoms with E-state index in [1.165, 1.54) is 18.3 Å². The molecule has 1 aliphatic heterocycles. The lowest BCUT2D eigenvalue weighted by atomic mass is 9.90. The first-order chi connectivity index (χ1) is 11.5. The Kier molecular flexibility index (Phi) is 4.33. The molecule has 1 saturated heterocycles. The lowest BCUT2D eigenvalue weighted by molar-refractivity contribution is -0.143. The number of benzene rings is 1. The Balaban J connectivity index is 1.87. The van der Waals surface area contributed by atoms with E-state index in [-0.39, 0.29) is 24.2 Å². The van der Waals surface area contributed by atoms with Gasteiger partial charge in [0.25, 0.3) is 5.91 Å². The molecule has 6 nitrogen and oxygen atoms in total. The Labute approximate surface area is 138 Å². The predicted octanol–water partition coefficient (Wildman–Crippen LogP) is 2.40. The number of H-pyrrole nitrogens is 1. The zero-order valence-corrected chi connectivity index (χ0v) is 13.2. The van der Waals surface area contributed by atoms with E-state index in [0.717, 1.165) is 0 Å². The Morgan fingerprint density at radius 1 is 1.29 bits per heavy atom. The second kappa shape index (κ2) is 6.43. The number of aliphatic carboxylic acids is 1. The van der Waals surface area contributed by atoms with Gasteiger partial charge in [-0.3, -0.25) is 14.7 Å². The van der Waals surface area contributed by atoms with Crippen molar-refractivity contribution in [1.82, 2.24) is 15.1 Å². The number of piperidine rings is 1. The lowest BCUT2D eigenvalue weighted by Crippen LogP contribution is -2.45. The highest BCUT2D eigenvalue weighted by Gasteiger charge is 2.33. The summed E-state index contributed by atoms with van der Waals surface area (Å²) in [5, 5.41) is 16.0. The third-order valence-corrected chi connectivity index (χ3v) is 4.30. The molecule has 2 atom stereocenters. The molecule has 1 aromatic carbocycles. The van der Waals surface area contributed by atoms with Gasteiger partial charge in [0.2, 0.25) is 0 Å². The molecular formula is C17H18FN3O3. The normalized spacial score (nSPS) is 20.8. The maximum atomic E-state index is 13.1. The third-order valence-electron chi connectivity index (χ3n) is 4.30. The van der Waals surface area contributed by atoms with Crippen LogP contribution in [0.1, 0.15) is 23.7 Å². The summed E-state index contributed by atoms with van der Waals surface area (Å²) >= 11 is 0. The van der Waals surface area contributed by atoms with E-state index in [1.807, 2.05) is 6.92 Å².